The van der Waals surface area contributed by atoms with Gasteiger partial charge in [-0.15, -0.1) is 0 Å². The molecule has 0 aromatic rings. The number of hydrogen-bond acceptors (Lipinski definition) is 6. The Labute approximate surface area is 122 Å². The number of rotatable bonds is 8. The maximum absolute atomic E-state index is 11.9. The highest BCUT2D eigenvalue weighted by Crippen LogP contribution is 2.06. The number of sulfonamides is 1. The summed E-state index contributed by atoms with van der Waals surface area (Å²) in [6.45, 7) is 1.24. The molecule has 1 saturated heterocycles. The molecule has 0 aliphatic carbocycles. The molecular formula is C11H20N2O7S. The van der Waals surface area contributed by atoms with Gasteiger partial charge in [0.1, 0.15) is 0 Å². The quantitative estimate of drug-likeness (QED) is 0.470. The molecule has 1 heterocycles. The number of carbonyl (C=O) groups is 2. The molecule has 10 heteroatoms. The van der Waals surface area contributed by atoms with Crippen molar-refractivity contribution in [2.45, 2.75) is 18.9 Å². The topological polar surface area (TPSA) is 133 Å². The second kappa shape index (κ2) is 8.27. The van der Waals surface area contributed by atoms with Crippen LogP contribution < -0.4 is 5.32 Å². The molecule has 9 nitrogen and oxygen atoms in total. The molecule has 1 amide bonds. The molecule has 0 saturated carbocycles. The third kappa shape index (κ3) is 6.38. The van der Waals surface area contributed by atoms with Gasteiger partial charge in [-0.3, -0.25) is 4.79 Å². The number of hydrogen-bond donors (Lipinski definition) is 3. The van der Waals surface area contributed by atoms with Crippen LogP contribution >= 0.6 is 0 Å². The fraction of sp³-hybridized carbons (Fsp3) is 0.818. The van der Waals surface area contributed by atoms with Crippen LogP contribution in [0.15, 0.2) is 0 Å². The van der Waals surface area contributed by atoms with Crippen molar-refractivity contribution < 1.29 is 33.0 Å². The van der Waals surface area contributed by atoms with Gasteiger partial charge in [-0.1, -0.05) is 0 Å². The van der Waals surface area contributed by atoms with Gasteiger partial charge in [0.15, 0.2) is 6.10 Å². The maximum Gasteiger partial charge on any atom is 0.332 e. The molecule has 0 unspecified atom stereocenters. The minimum Gasteiger partial charge on any atom is -0.479 e. The van der Waals surface area contributed by atoms with Gasteiger partial charge >= 0.3 is 5.97 Å². The third-order valence-electron chi connectivity index (χ3n) is 2.98. The van der Waals surface area contributed by atoms with E-state index in [1.54, 1.807) is 0 Å². The predicted molar refractivity (Wildman–Crippen MR) is 72.1 cm³/mol. The summed E-state index contributed by atoms with van der Waals surface area (Å²) in [4.78, 5) is 21.8. The van der Waals surface area contributed by atoms with E-state index < -0.39 is 28.0 Å². The molecule has 1 aliphatic rings. The molecule has 21 heavy (non-hydrogen) atoms. The van der Waals surface area contributed by atoms with Crippen molar-refractivity contribution in [1.29, 1.82) is 0 Å². The molecule has 0 aromatic heterocycles. The number of ether oxygens (including phenoxy) is 1. The number of aliphatic hydroxyl groups excluding tert-OH is 1. The number of morpholine rings is 1. The molecule has 3 N–H and O–H groups in total. The van der Waals surface area contributed by atoms with Crippen LogP contribution in [0.25, 0.3) is 0 Å². The zero-order valence-corrected chi connectivity index (χ0v) is 12.3. The fourth-order valence-corrected chi connectivity index (χ4v) is 3.14. The van der Waals surface area contributed by atoms with Gasteiger partial charge in [-0.05, 0) is 0 Å². The highest BCUT2D eigenvalue weighted by molar-refractivity contribution is 7.89. The van der Waals surface area contributed by atoms with Crippen LogP contribution in [0.1, 0.15) is 12.8 Å². The summed E-state index contributed by atoms with van der Waals surface area (Å²) in [5.41, 5.74) is 0. The van der Waals surface area contributed by atoms with Gasteiger partial charge in [0.05, 0.1) is 19.0 Å². The smallest absolute Gasteiger partial charge is 0.332 e. The summed E-state index contributed by atoms with van der Waals surface area (Å²) in [7, 11) is -3.48. The highest BCUT2D eigenvalue weighted by atomic mass is 32.2. The minimum absolute atomic E-state index is 0.0239. The molecule has 1 fully saturated rings. The molecule has 0 radical (unpaired) electrons. The average Bonchev–Trinajstić information content (AvgIpc) is 2.46. The van der Waals surface area contributed by atoms with E-state index in [0.29, 0.717) is 13.2 Å². The molecule has 1 rings (SSSR count). The number of carboxylic acid groups (broad SMARTS) is 1. The fourth-order valence-electron chi connectivity index (χ4n) is 1.74. The molecule has 0 spiro atoms. The van der Waals surface area contributed by atoms with Gasteiger partial charge in [-0.2, -0.15) is 4.31 Å². The Bertz CT molecular complexity index is 459. The third-order valence-corrected chi connectivity index (χ3v) is 4.85. The van der Waals surface area contributed by atoms with E-state index in [0.717, 1.165) is 0 Å². The summed E-state index contributed by atoms with van der Waals surface area (Å²) < 4.78 is 30.2. The number of aliphatic hydroxyl groups is 1. The number of aliphatic carboxylic acids is 1. The Morgan fingerprint density at radius 2 is 1.90 bits per heavy atom. The Balaban J connectivity index is 2.27. The van der Waals surface area contributed by atoms with Crippen LogP contribution in [0, 0.1) is 0 Å². The summed E-state index contributed by atoms with van der Waals surface area (Å²) in [6, 6.07) is 0. The van der Waals surface area contributed by atoms with E-state index in [-0.39, 0.29) is 38.2 Å². The van der Waals surface area contributed by atoms with E-state index in [1.807, 2.05) is 0 Å². The van der Waals surface area contributed by atoms with Crippen LogP contribution in [0.2, 0.25) is 0 Å². The van der Waals surface area contributed by atoms with E-state index in [9.17, 15) is 18.0 Å². The number of amides is 1. The van der Waals surface area contributed by atoms with E-state index in [4.69, 9.17) is 14.9 Å². The second-order valence-corrected chi connectivity index (χ2v) is 6.66. The van der Waals surface area contributed by atoms with E-state index in [1.165, 1.54) is 4.31 Å². The Kier molecular flexibility index (Phi) is 7.02. The first-order valence-corrected chi connectivity index (χ1v) is 8.17. The molecule has 1 atom stereocenters. The lowest BCUT2D eigenvalue weighted by atomic mass is 10.2. The summed E-state index contributed by atoms with van der Waals surface area (Å²) in [5, 5.41) is 19.8. The number of nitrogens with zero attached hydrogens (tertiary/aromatic N) is 1. The van der Waals surface area contributed by atoms with Gasteiger partial charge in [0.25, 0.3) is 0 Å². The molecule has 0 bridgehead atoms. The van der Waals surface area contributed by atoms with Crippen molar-refractivity contribution in [3.63, 3.8) is 0 Å². The Morgan fingerprint density at radius 1 is 1.29 bits per heavy atom. The van der Waals surface area contributed by atoms with E-state index >= 15 is 0 Å². The summed E-state index contributed by atoms with van der Waals surface area (Å²) >= 11 is 0. The summed E-state index contributed by atoms with van der Waals surface area (Å²) in [5.74, 6) is -2.16. The van der Waals surface area contributed by atoms with Crippen molar-refractivity contribution in [2.24, 2.45) is 0 Å². The van der Waals surface area contributed by atoms with Crippen molar-refractivity contribution in [2.75, 3.05) is 38.6 Å². The number of carboxylic acids is 1. The zero-order chi connectivity index (χ0) is 15.9. The Morgan fingerprint density at radius 3 is 2.48 bits per heavy atom. The van der Waals surface area contributed by atoms with Crippen LogP contribution in [-0.4, -0.2) is 79.5 Å². The Hall–Kier alpha value is -1.23. The first kappa shape index (κ1) is 17.8. The molecule has 0 aromatic carbocycles. The van der Waals surface area contributed by atoms with Gasteiger partial charge in [-0.25, -0.2) is 13.2 Å². The van der Waals surface area contributed by atoms with Crippen LogP contribution in [0.3, 0.4) is 0 Å². The minimum atomic E-state index is -3.48. The van der Waals surface area contributed by atoms with Gasteiger partial charge in [0.2, 0.25) is 15.9 Å². The maximum atomic E-state index is 11.9. The first-order valence-electron chi connectivity index (χ1n) is 6.56. The van der Waals surface area contributed by atoms with Gasteiger partial charge < -0.3 is 20.3 Å². The van der Waals surface area contributed by atoms with Crippen LogP contribution in [0.4, 0.5) is 0 Å². The standard InChI is InChI=1S/C11H20N2O7S/c14-9(11(16)17)1-3-12-10(15)2-8-21(18,19)13-4-6-20-7-5-13/h9,14H,1-8H2,(H,12,15)(H,16,17)/t9-/m0/s1. The average molecular weight is 324 g/mol. The van der Waals surface area contributed by atoms with Crippen molar-refractivity contribution >= 4 is 21.9 Å². The van der Waals surface area contributed by atoms with Crippen LogP contribution in [-0.2, 0) is 24.3 Å². The van der Waals surface area contributed by atoms with Gasteiger partial charge in [0, 0.05) is 32.5 Å². The van der Waals surface area contributed by atoms with Crippen LogP contribution in [0.5, 0.6) is 0 Å². The largest absolute Gasteiger partial charge is 0.479 e. The number of carbonyl (C=O) groups excluding carboxylic acids is 1. The lowest BCUT2D eigenvalue weighted by molar-refractivity contribution is -0.147. The second-order valence-electron chi connectivity index (χ2n) is 4.57. The lowest BCUT2D eigenvalue weighted by Crippen LogP contribution is -2.42. The predicted octanol–water partition coefficient (Wildman–Crippen LogP) is -2.01. The van der Waals surface area contributed by atoms with Crippen molar-refractivity contribution in [3.8, 4) is 0 Å². The molecular weight excluding hydrogens is 304 g/mol. The lowest BCUT2D eigenvalue weighted by Gasteiger charge is -2.25. The summed E-state index contributed by atoms with van der Waals surface area (Å²) in [6.07, 6.45) is -1.87. The first-order chi connectivity index (χ1) is 9.83. The van der Waals surface area contributed by atoms with E-state index in [2.05, 4.69) is 5.32 Å². The monoisotopic (exact) mass is 324 g/mol. The SMILES string of the molecule is O=C(CCS(=O)(=O)N1CCOCC1)NCC[C@H](O)C(=O)O. The highest BCUT2D eigenvalue weighted by Gasteiger charge is 2.24. The van der Waals surface area contributed by atoms with Crippen molar-refractivity contribution in [1.82, 2.24) is 9.62 Å². The van der Waals surface area contributed by atoms with Crippen molar-refractivity contribution in [3.05, 3.63) is 0 Å². The normalized spacial score (nSPS) is 18.1. The zero-order valence-electron chi connectivity index (χ0n) is 11.5. The molecule has 122 valence electrons. The number of nitrogens with one attached hydrogen (secondary N) is 1. The molecule has 1 aliphatic heterocycles.